The number of sulfonamides is 1. The van der Waals surface area contributed by atoms with Gasteiger partial charge in [-0.2, -0.15) is 9.97 Å². The van der Waals surface area contributed by atoms with Crippen molar-refractivity contribution in [2.24, 2.45) is 0 Å². The van der Waals surface area contributed by atoms with E-state index in [2.05, 4.69) is 20.0 Å². The van der Waals surface area contributed by atoms with Crippen LogP contribution in [0.4, 0.5) is 10.7 Å². The van der Waals surface area contributed by atoms with Crippen LogP contribution < -0.4 is 24.2 Å². The second-order valence-electron chi connectivity index (χ2n) is 5.01. The van der Waals surface area contributed by atoms with Crippen molar-refractivity contribution in [1.82, 2.24) is 24.0 Å². The zero-order valence-corrected chi connectivity index (χ0v) is 15.5. The summed E-state index contributed by atoms with van der Waals surface area (Å²) in [7, 11) is -1.30. The Bertz CT molecular complexity index is 907. The minimum atomic E-state index is -4.07. The van der Waals surface area contributed by atoms with Gasteiger partial charge in [0.05, 0.1) is 20.3 Å². The highest BCUT2D eigenvalue weighted by Crippen LogP contribution is 2.28. The quantitative estimate of drug-likeness (QED) is 0.610. The molecule has 2 aromatic heterocycles. The fourth-order valence-corrected chi connectivity index (χ4v) is 4.40. The van der Waals surface area contributed by atoms with Crippen LogP contribution in [0.3, 0.4) is 0 Å². The molecule has 140 valence electrons. The van der Waals surface area contributed by atoms with Crippen molar-refractivity contribution in [3.8, 4) is 11.8 Å². The predicted molar refractivity (Wildman–Crippen MR) is 92.8 cm³/mol. The van der Waals surface area contributed by atoms with E-state index in [-0.39, 0.29) is 22.6 Å². The van der Waals surface area contributed by atoms with E-state index in [4.69, 9.17) is 9.47 Å². The number of aromatic nitrogens is 3. The number of carbonyl (C=O) groups excluding carboxylic acids is 1. The van der Waals surface area contributed by atoms with Crippen molar-refractivity contribution in [3.63, 3.8) is 0 Å². The first-order valence-corrected chi connectivity index (χ1v) is 9.62. The van der Waals surface area contributed by atoms with Crippen LogP contribution >= 0.6 is 11.9 Å². The Hall–Kier alpha value is -2.51. The summed E-state index contributed by atoms with van der Waals surface area (Å²) in [5.41, 5.74) is 0. The first-order chi connectivity index (χ1) is 12.4. The fourth-order valence-electron chi connectivity index (χ4n) is 2.19. The number of urea groups is 1. The maximum absolute atomic E-state index is 12.5. The lowest BCUT2D eigenvalue weighted by atomic mass is 10.6. The van der Waals surface area contributed by atoms with Gasteiger partial charge in [0.15, 0.2) is 0 Å². The molecular formula is C13H16N6O5S2. The topological polar surface area (TPSA) is 136 Å². The zero-order chi connectivity index (χ0) is 18.7. The largest absolute Gasteiger partial charge is 0.481 e. The Kier molecular flexibility index (Phi) is 5.20. The minimum Gasteiger partial charge on any atom is -0.481 e. The molecule has 0 aromatic carbocycles. The average Bonchev–Trinajstić information content (AvgIpc) is 3.05. The molecule has 11 nitrogen and oxygen atoms in total. The number of anilines is 1. The lowest BCUT2D eigenvalue weighted by molar-refractivity contribution is 0.256. The van der Waals surface area contributed by atoms with E-state index in [0.717, 1.165) is 6.54 Å². The summed E-state index contributed by atoms with van der Waals surface area (Å²) in [5.74, 6) is 0.141. The van der Waals surface area contributed by atoms with Gasteiger partial charge in [-0.3, -0.25) is 10.0 Å². The smallest absolute Gasteiger partial charge is 0.335 e. The lowest BCUT2D eigenvalue weighted by Crippen LogP contribution is -2.35. The molecule has 0 radical (unpaired) electrons. The second kappa shape index (κ2) is 7.39. The Labute approximate surface area is 153 Å². The number of rotatable bonds is 5. The number of carbonyl (C=O) groups is 1. The third-order valence-corrected chi connectivity index (χ3v) is 5.83. The van der Waals surface area contributed by atoms with Crippen LogP contribution in [0.25, 0.3) is 0 Å². The molecule has 0 saturated carbocycles. The van der Waals surface area contributed by atoms with Gasteiger partial charge in [-0.1, -0.05) is 0 Å². The van der Waals surface area contributed by atoms with Crippen LogP contribution in [-0.2, 0) is 16.6 Å². The molecule has 0 unspecified atom stereocenters. The van der Waals surface area contributed by atoms with E-state index < -0.39 is 16.1 Å². The monoisotopic (exact) mass is 400 g/mol. The van der Waals surface area contributed by atoms with Crippen molar-refractivity contribution < 1.29 is 22.7 Å². The number of hydrogen-bond donors (Lipinski definition) is 3. The Balaban J connectivity index is 1.76. The Morgan fingerprint density at radius 1 is 1.31 bits per heavy atom. The van der Waals surface area contributed by atoms with Gasteiger partial charge in [-0.25, -0.2) is 17.9 Å². The molecule has 13 heteroatoms. The molecule has 3 rings (SSSR count). The highest BCUT2D eigenvalue weighted by atomic mass is 32.2. The third kappa shape index (κ3) is 3.84. The van der Waals surface area contributed by atoms with E-state index in [0.29, 0.717) is 11.6 Å². The second-order valence-corrected chi connectivity index (χ2v) is 7.54. The summed E-state index contributed by atoms with van der Waals surface area (Å²) >= 11 is 1.19. The maximum atomic E-state index is 12.5. The van der Waals surface area contributed by atoms with E-state index in [1.165, 1.54) is 38.3 Å². The molecule has 1 aliphatic rings. The standard InChI is InChI=1S/C13H16N6O5S2/c1-23-9-7-10(24-2)16-12(15-9)17-13(20)18-26(21,22)8-3-5-19-6-4-14-25-11(8)19/h3,5,7,14H,4,6H2,1-2H3,(H2,15,16,17,18,20). The molecule has 0 aliphatic carbocycles. The molecule has 3 N–H and O–H groups in total. The molecule has 26 heavy (non-hydrogen) atoms. The highest BCUT2D eigenvalue weighted by molar-refractivity contribution is 7.98. The van der Waals surface area contributed by atoms with Crippen LogP contribution in [0.2, 0.25) is 0 Å². The SMILES string of the molecule is COc1cc(OC)nc(NC(=O)NS(=O)(=O)c2ccn3c2SNCC3)n1. The highest BCUT2D eigenvalue weighted by Gasteiger charge is 2.26. The molecule has 1 aliphatic heterocycles. The van der Waals surface area contributed by atoms with E-state index in [1.54, 1.807) is 10.8 Å². The van der Waals surface area contributed by atoms with Crippen molar-refractivity contribution in [2.75, 3.05) is 26.1 Å². The molecule has 0 saturated heterocycles. The van der Waals surface area contributed by atoms with E-state index >= 15 is 0 Å². The summed E-state index contributed by atoms with van der Waals surface area (Å²) in [4.78, 5) is 19.9. The molecule has 0 atom stereocenters. The molecule has 2 amide bonds. The zero-order valence-electron chi connectivity index (χ0n) is 13.8. The Morgan fingerprint density at radius 3 is 2.65 bits per heavy atom. The number of nitrogens with one attached hydrogen (secondary N) is 3. The first-order valence-electron chi connectivity index (χ1n) is 7.32. The number of ether oxygens (including phenoxy) is 2. The summed E-state index contributed by atoms with van der Waals surface area (Å²) < 4.78 is 41.7. The molecule has 2 aromatic rings. The summed E-state index contributed by atoms with van der Waals surface area (Å²) in [6, 6.07) is 1.85. The van der Waals surface area contributed by atoms with Gasteiger partial charge in [0.25, 0.3) is 10.0 Å². The number of amides is 2. The van der Waals surface area contributed by atoms with Crippen LogP contribution in [0.5, 0.6) is 11.8 Å². The normalized spacial score (nSPS) is 13.6. The van der Waals surface area contributed by atoms with Gasteiger partial charge < -0.3 is 14.0 Å². The van der Waals surface area contributed by atoms with Gasteiger partial charge in [0, 0.05) is 19.3 Å². The van der Waals surface area contributed by atoms with Crippen molar-refractivity contribution in [1.29, 1.82) is 0 Å². The first kappa shape index (κ1) is 18.3. The third-order valence-electron chi connectivity index (χ3n) is 3.34. The van der Waals surface area contributed by atoms with Gasteiger partial charge in [0.2, 0.25) is 17.7 Å². The summed E-state index contributed by atoms with van der Waals surface area (Å²) in [6.07, 6.45) is 1.66. The predicted octanol–water partition coefficient (Wildman–Crippen LogP) is 0.416. The number of nitrogens with zero attached hydrogens (tertiary/aromatic N) is 3. The lowest BCUT2D eigenvalue weighted by Gasteiger charge is -2.16. The minimum absolute atomic E-state index is 0.00833. The number of hydrogen-bond acceptors (Lipinski definition) is 9. The van der Waals surface area contributed by atoms with Crippen LogP contribution in [-0.4, -0.2) is 49.7 Å². The van der Waals surface area contributed by atoms with Crippen molar-refractivity contribution in [2.45, 2.75) is 16.5 Å². The average molecular weight is 400 g/mol. The van der Waals surface area contributed by atoms with Crippen LogP contribution in [0.15, 0.2) is 28.3 Å². The van der Waals surface area contributed by atoms with Gasteiger partial charge >= 0.3 is 6.03 Å². The van der Waals surface area contributed by atoms with Gasteiger partial charge in [0.1, 0.15) is 9.92 Å². The van der Waals surface area contributed by atoms with Crippen molar-refractivity contribution >= 4 is 34.0 Å². The van der Waals surface area contributed by atoms with Gasteiger partial charge in [-0.15, -0.1) is 0 Å². The Morgan fingerprint density at radius 2 is 2.00 bits per heavy atom. The van der Waals surface area contributed by atoms with Crippen molar-refractivity contribution in [3.05, 3.63) is 18.3 Å². The maximum Gasteiger partial charge on any atom is 0.335 e. The molecule has 3 heterocycles. The van der Waals surface area contributed by atoms with Gasteiger partial charge in [-0.05, 0) is 18.0 Å². The fraction of sp³-hybridized carbons (Fsp3) is 0.308. The van der Waals surface area contributed by atoms with E-state index in [9.17, 15) is 13.2 Å². The molecule has 0 fully saturated rings. The molecule has 0 spiro atoms. The van der Waals surface area contributed by atoms with Crippen LogP contribution in [0, 0.1) is 0 Å². The number of fused-ring (bicyclic) bond motifs is 1. The number of methoxy groups -OCH3 is 2. The van der Waals surface area contributed by atoms with Crippen LogP contribution in [0.1, 0.15) is 0 Å². The molecule has 0 bridgehead atoms. The summed E-state index contributed by atoms with van der Waals surface area (Å²) in [5, 5.41) is 2.76. The molecular weight excluding hydrogens is 384 g/mol. The van der Waals surface area contributed by atoms with E-state index in [1.807, 2.05) is 4.72 Å². The summed E-state index contributed by atoms with van der Waals surface area (Å²) in [6.45, 7) is 1.36.